The zero-order valence-electron chi connectivity index (χ0n) is 18.6. The number of anilines is 1. The van der Waals surface area contributed by atoms with E-state index in [2.05, 4.69) is 50.7 Å². The molecule has 0 bridgehead atoms. The van der Waals surface area contributed by atoms with E-state index in [9.17, 15) is 4.79 Å². The van der Waals surface area contributed by atoms with Crippen LogP contribution in [0.2, 0.25) is 0 Å². The number of nitrogens with zero attached hydrogens (tertiary/aromatic N) is 2. The number of benzene rings is 3. The maximum absolute atomic E-state index is 12.5. The van der Waals surface area contributed by atoms with Crippen molar-refractivity contribution < 1.29 is 4.79 Å². The minimum Gasteiger partial charge on any atom is -0.372 e. The van der Waals surface area contributed by atoms with E-state index < -0.39 is 0 Å². The first-order valence-electron chi connectivity index (χ1n) is 11.6. The third-order valence-electron chi connectivity index (χ3n) is 6.22. The summed E-state index contributed by atoms with van der Waals surface area (Å²) in [4.78, 5) is 14.9. The largest absolute Gasteiger partial charge is 0.372 e. The maximum Gasteiger partial charge on any atom is 0.251 e. The molecule has 0 radical (unpaired) electrons. The molecule has 1 aliphatic heterocycles. The van der Waals surface area contributed by atoms with Crippen molar-refractivity contribution in [2.45, 2.75) is 25.8 Å². The average molecular weight is 437 g/mol. The molecule has 33 heavy (non-hydrogen) atoms. The quantitative estimate of drug-likeness (QED) is 0.410. The third kappa shape index (κ3) is 4.98. The van der Waals surface area contributed by atoms with Gasteiger partial charge >= 0.3 is 0 Å². The number of piperidine rings is 1. The van der Waals surface area contributed by atoms with Gasteiger partial charge in [-0.05, 0) is 60.7 Å². The Morgan fingerprint density at radius 2 is 1.55 bits per heavy atom. The van der Waals surface area contributed by atoms with Crippen molar-refractivity contribution >= 4 is 11.6 Å². The predicted molar refractivity (Wildman–Crippen MR) is 133 cm³/mol. The van der Waals surface area contributed by atoms with Crippen LogP contribution in [-0.4, -0.2) is 29.2 Å². The van der Waals surface area contributed by atoms with E-state index in [0.717, 1.165) is 41.2 Å². The van der Waals surface area contributed by atoms with Crippen LogP contribution in [0.5, 0.6) is 0 Å². The Kier molecular flexibility index (Phi) is 6.20. The molecule has 1 fully saturated rings. The van der Waals surface area contributed by atoms with Crippen molar-refractivity contribution in [1.82, 2.24) is 15.5 Å². The van der Waals surface area contributed by atoms with E-state index in [1.807, 2.05) is 54.6 Å². The van der Waals surface area contributed by atoms with Gasteiger partial charge in [0.05, 0.1) is 11.4 Å². The Balaban J connectivity index is 1.23. The monoisotopic (exact) mass is 436 g/mol. The Labute approximate surface area is 194 Å². The Hall–Kier alpha value is -3.86. The Morgan fingerprint density at radius 1 is 0.848 bits per heavy atom. The third-order valence-corrected chi connectivity index (χ3v) is 6.22. The first kappa shape index (κ1) is 21.0. The van der Waals surface area contributed by atoms with Crippen molar-refractivity contribution in [1.29, 1.82) is 0 Å². The van der Waals surface area contributed by atoms with Gasteiger partial charge < -0.3 is 10.2 Å². The predicted octanol–water partition coefficient (Wildman–Crippen LogP) is 5.66. The molecule has 1 aromatic heterocycles. The first-order chi connectivity index (χ1) is 16.3. The number of hydrogen-bond acceptors (Lipinski definition) is 3. The summed E-state index contributed by atoms with van der Waals surface area (Å²) in [6.07, 6.45) is 3.89. The molecule has 1 amide bonds. The van der Waals surface area contributed by atoms with Crippen LogP contribution < -0.4 is 10.2 Å². The SMILES string of the molecule is O=C(NCc1ccccc1)c1ccc(-c2cc(-c3ccc(N4CCCCC4)cc3)n[nH]2)cc1. The van der Waals surface area contributed by atoms with E-state index in [1.165, 1.54) is 24.9 Å². The lowest BCUT2D eigenvalue weighted by Crippen LogP contribution is -2.29. The maximum atomic E-state index is 12.5. The second-order valence-corrected chi connectivity index (χ2v) is 8.51. The number of aromatic amines is 1. The van der Waals surface area contributed by atoms with Crippen LogP contribution in [0.4, 0.5) is 5.69 Å². The van der Waals surface area contributed by atoms with E-state index in [1.54, 1.807) is 0 Å². The second kappa shape index (κ2) is 9.74. The van der Waals surface area contributed by atoms with Gasteiger partial charge in [0.15, 0.2) is 0 Å². The van der Waals surface area contributed by atoms with Crippen LogP contribution in [0.1, 0.15) is 35.2 Å². The Bertz CT molecular complexity index is 1190. The van der Waals surface area contributed by atoms with Crippen molar-refractivity contribution in [2.75, 3.05) is 18.0 Å². The van der Waals surface area contributed by atoms with Gasteiger partial charge in [0.25, 0.3) is 5.91 Å². The van der Waals surface area contributed by atoms with Crippen molar-refractivity contribution in [3.63, 3.8) is 0 Å². The standard InChI is InChI=1S/C28H28N4O/c33-28(29-20-21-7-3-1-4-8-21)24-11-9-22(10-12-24)26-19-27(31-30-26)23-13-15-25(16-14-23)32-17-5-2-6-18-32/h1,3-4,7-16,19H,2,5-6,17-18,20H2,(H,29,33)(H,30,31). The number of nitrogens with one attached hydrogen (secondary N) is 2. The van der Waals surface area contributed by atoms with Crippen molar-refractivity contribution in [2.24, 2.45) is 0 Å². The highest BCUT2D eigenvalue weighted by atomic mass is 16.1. The fraction of sp³-hybridized carbons (Fsp3) is 0.214. The molecular weight excluding hydrogens is 408 g/mol. The summed E-state index contributed by atoms with van der Waals surface area (Å²) >= 11 is 0. The minimum absolute atomic E-state index is 0.0792. The lowest BCUT2D eigenvalue weighted by molar-refractivity contribution is 0.0951. The molecule has 0 aliphatic carbocycles. The van der Waals surface area contributed by atoms with Gasteiger partial charge in [0.2, 0.25) is 0 Å². The Morgan fingerprint density at radius 3 is 2.27 bits per heavy atom. The van der Waals surface area contributed by atoms with E-state index in [0.29, 0.717) is 12.1 Å². The molecule has 0 atom stereocenters. The molecule has 4 aromatic rings. The normalized spacial score (nSPS) is 13.6. The zero-order valence-corrected chi connectivity index (χ0v) is 18.6. The van der Waals surface area contributed by atoms with Gasteiger partial charge in [0.1, 0.15) is 0 Å². The number of rotatable bonds is 6. The molecule has 2 N–H and O–H groups in total. The lowest BCUT2D eigenvalue weighted by Gasteiger charge is -2.28. The summed E-state index contributed by atoms with van der Waals surface area (Å²) in [7, 11) is 0. The van der Waals surface area contributed by atoms with Crippen LogP contribution in [-0.2, 0) is 6.54 Å². The zero-order chi connectivity index (χ0) is 22.5. The summed E-state index contributed by atoms with van der Waals surface area (Å²) in [5.74, 6) is -0.0792. The highest BCUT2D eigenvalue weighted by Gasteiger charge is 2.12. The van der Waals surface area contributed by atoms with Crippen LogP contribution in [0.25, 0.3) is 22.5 Å². The average Bonchev–Trinajstić information content (AvgIpc) is 3.39. The first-order valence-corrected chi connectivity index (χ1v) is 11.6. The molecular formula is C28H28N4O. The fourth-order valence-electron chi connectivity index (χ4n) is 4.29. The number of hydrogen-bond donors (Lipinski definition) is 2. The fourth-order valence-corrected chi connectivity index (χ4v) is 4.29. The van der Waals surface area contributed by atoms with Crippen LogP contribution >= 0.6 is 0 Å². The molecule has 0 unspecified atom stereocenters. The number of carbonyl (C=O) groups is 1. The van der Waals surface area contributed by atoms with Gasteiger partial charge in [-0.15, -0.1) is 0 Å². The molecule has 5 nitrogen and oxygen atoms in total. The number of amides is 1. The van der Waals surface area contributed by atoms with Gasteiger partial charge in [0, 0.05) is 36.4 Å². The van der Waals surface area contributed by atoms with Gasteiger partial charge in [-0.3, -0.25) is 9.89 Å². The molecule has 2 heterocycles. The lowest BCUT2D eigenvalue weighted by atomic mass is 10.1. The molecule has 5 heteroatoms. The molecule has 5 rings (SSSR count). The van der Waals surface area contributed by atoms with Crippen molar-refractivity contribution in [3.8, 4) is 22.5 Å². The molecule has 0 saturated carbocycles. The van der Waals surface area contributed by atoms with Crippen LogP contribution in [0.15, 0.2) is 84.9 Å². The molecule has 0 spiro atoms. The van der Waals surface area contributed by atoms with Crippen molar-refractivity contribution in [3.05, 3.63) is 96.1 Å². The number of H-pyrrole nitrogens is 1. The summed E-state index contributed by atoms with van der Waals surface area (Å²) in [6, 6.07) is 28.2. The number of aromatic nitrogens is 2. The van der Waals surface area contributed by atoms with E-state index in [-0.39, 0.29) is 5.91 Å². The highest BCUT2D eigenvalue weighted by molar-refractivity contribution is 5.94. The van der Waals surface area contributed by atoms with Crippen LogP contribution in [0.3, 0.4) is 0 Å². The second-order valence-electron chi connectivity index (χ2n) is 8.51. The molecule has 166 valence electrons. The van der Waals surface area contributed by atoms with Gasteiger partial charge in [-0.2, -0.15) is 5.10 Å². The number of carbonyl (C=O) groups excluding carboxylic acids is 1. The topological polar surface area (TPSA) is 61.0 Å². The summed E-state index contributed by atoms with van der Waals surface area (Å²) < 4.78 is 0. The summed E-state index contributed by atoms with van der Waals surface area (Å²) in [5.41, 5.74) is 6.95. The minimum atomic E-state index is -0.0792. The summed E-state index contributed by atoms with van der Waals surface area (Å²) in [5, 5.41) is 10.6. The smallest absolute Gasteiger partial charge is 0.251 e. The molecule has 1 saturated heterocycles. The highest BCUT2D eigenvalue weighted by Crippen LogP contribution is 2.27. The van der Waals surface area contributed by atoms with E-state index in [4.69, 9.17) is 0 Å². The van der Waals surface area contributed by atoms with Gasteiger partial charge in [-0.25, -0.2) is 0 Å². The molecule has 1 aliphatic rings. The van der Waals surface area contributed by atoms with Gasteiger partial charge in [-0.1, -0.05) is 54.6 Å². The van der Waals surface area contributed by atoms with Crippen LogP contribution in [0, 0.1) is 0 Å². The molecule has 3 aromatic carbocycles. The van der Waals surface area contributed by atoms with E-state index >= 15 is 0 Å². The summed E-state index contributed by atoms with van der Waals surface area (Å²) in [6.45, 7) is 2.81.